The molecule has 0 aliphatic heterocycles. The Balaban J connectivity index is 0.00000256. The van der Waals surface area contributed by atoms with Crippen molar-refractivity contribution in [2.24, 2.45) is 0 Å². The number of ether oxygens (including phenoxy) is 1. The van der Waals surface area contributed by atoms with Gasteiger partial charge in [0, 0.05) is 11.1 Å². The average Bonchev–Trinajstić information content (AvgIpc) is 2.74. The Labute approximate surface area is 222 Å². The smallest absolute Gasteiger partial charge is 1.00 e. The molecule has 2 N–H and O–H groups in total. The molecule has 0 saturated heterocycles. The van der Waals surface area contributed by atoms with Crippen LogP contribution in [-0.4, -0.2) is 27.3 Å². The average molecular weight is 546 g/mol. The Hall–Kier alpha value is -2.47. The Morgan fingerprint density at radius 2 is 1.18 bits per heavy atom. The summed E-state index contributed by atoms with van der Waals surface area (Å²) in [5, 5.41) is 20.5. The summed E-state index contributed by atoms with van der Waals surface area (Å²) in [6.07, 6.45) is 0. The van der Waals surface area contributed by atoms with Crippen LogP contribution in [0.5, 0.6) is 17.2 Å². The van der Waals surface area contributed by atoms with E-state index in [1.54, 1.807) is 31.4 Å². The summed E-state index contributed by atoms with van der Waals surface area (Å²) in [5.74, 6) is 0.958. The molecule has 0 bridgehead atoms. The van der Waals surface area contributed by atoms with Gasteiger partial charge in [0.15, 0.2) is 0 Å². The monoisotopic (exact) mass is 544 g/mol. The van der Waals surface area contributed by atoms with E-state index in [2.05, 4.69) is 9.97 Å². The Morgan fingerprint density at radius 1 is 0.636 bits per heavy atom. The van der Waals surface area contributed by atoms with Crippen molar-refractivity contribution in [3.8, 4) is 51.2 Å². The van der Waals surface area contributed by atoms with Gasteiger partial charge in [0.1, 0.15) is 17.2 Å². The number of hydrogen-bond acceptors (Lipinski definition) is 5. The van der Waals surface area contributed by atoms with Crippen LogP contribution in [0.15, 0.2) is 72.8 Å². The Bertz CT molecular complexity index is 1210. The quantitative estimate of drug-likeness (QED) is 0.258. The maximum Gasteiger partial charge on any atom is 3.00 e. The molecule has 2 aromatic heterocycles. The normalized spacial score (nSPS) is 9.39. The topological polar surface area (TPSA) is 75.5 Å². The molecule has 2 heterocycles. The fourth-order valence-electron chi connectivity index (χ4n) is 3.16. The molecule has 4 rings (SSSR count). The molecule has 0 aliphatic carbocycles. The third-order valence-corrected chi connectivity index (χ3v) is 4.67. The van der Waals surface area contributed by atoms with Crippen molar-refractivity contribution in [2.75, 3.05) is 7.11 Å². The van der Waals surface area contributed by atoms with E-state index in [1.807, 2.05) is 55.5 Å². The van der Waals surface area contributed by atoms with E-state index < -0.39 is 0 Å². The van der Waals surface area contributed by atoms with Gasteiger partial charge in [-0.3, -0.25) is 0 Å². The minimum atomic E-state index is 0. The standard InChI is InChI=1S/C24H20N2O3.3ClH.Mn/c1-15-9-11-17(24(28)13-15)19-5-3-7-21(25-19)22-8-4-6-20(26-22)18-14-16(29-2)10-12-23(18)27;;;;/h3-14,27-28H,1-2H3;3*1H;/q;;;;+3/p-3. The molecule has 0 spiro atoms. The van der Waals surface area contributed by atoms with Gasteiger partial charge in [0.2, 0.25) is 0 Å². The largest absolute Gasteiger partial charge is 3.00 e. The van der Waals surface area contributed by atoms with Crippen LogP contribution in [0.3, 0.4) is 0 Å². The predicted octanol–water partition coefficient (Wildman–Crippen LogP) is -3.78. The molecule has 5 nitrogen and oxygen atoms in total. The van der Waals surface area contributed by atoms with Gasteiger partial charge in [-0.25, -0.2) is 9.97 Å². The first-order valence-corrected chi connectivity index (χ1v) is 9.17. The van der Waals surface area contributed by atoms with Crippen LogP contribution in [0.25, 0.3) is 33.9 Å². The summed E-state index contributed by atoms with van der Waals surface area (Å²) >= 11 is 0. The van der Waals surface area contributed by atoms with Crippen LogP contribution >= 0.6 is 0 Å². The number of benzene rings is 2. The zero-order chi connectivity index (χ0) is 20.4. The first-order valence-electron chi connectivity index (χ1n) is 9.17. The van der Waals surface area contributed by atoms with E-state index in [-0.39, 0.29) is 65.8 Å². The number of pyridine rings is 2. The van der Waals surface area contributed by atoms with Crippen molar-refractivity contribution in [1.82, 2.24) is 9.97 Å². The summed E-state index contributed by atoms with van der Waals surface area (Å²) in [5.41, 5.74) is 4.85. The summed E-state index contributed by atoms with van der Waals surface area (Å²) in [7, 11) is 1.58. The van der Waals surface area contributed by atoms with Crippen molar-refractivity contribution in [2.45, 2.75) is 6.92 Å². The van der Waals surface area contributed by atoms with Gasteiger partial charge in [-0.15, -0.1) is 0 Å². The fourth-order valence-corrected chi connectivity index (χ4v) is 3.16. The van der Waals surface area contributed by atoms with E-state index in [0.29, 0.717) is 39.7 Å². The Morgan fingerprint density at radius 3 is 1.73 bits per heavy atom. The number of phenolic OH excluding ortho intramolecular Hbond substituents is 2. The van der Waals surface area contributed by atoms with Crippen LogP contribution in [0.1, 0.15) is 5.56 Å². The molecular weight excluding hydrogens is 526 g/mol. The number of phenols is 2. The maximum absolute atomic E-state index is 10.3. The molecule has 0 unspecified atom stereocenters. The molecule has 2 aromatic carbocycles. The number of nitrogens with zero attached hydrogens (tertiary/aromatic N) is 2. The van der Waals surface area contributed by atoms with Gasteiger partial charge < -0.3 is 52.2 Å². The second-order valence-electron chi connectivity index (χ2n) is 6.72. The van der Waals surface area contributed by atoms with Crippen molar-refractivity contribution in [1.29, 1.82) is 0 Å². The number of halogens is 3. The van der Waals surface area contributed by atoms with Gasteiger partial charge in [-0.2, -0.15) is 0 Å². The molecule has 0 amide bonds. The molecule has 0 saturated carbocycles. The zero-order valence-corrected chi connectivity index (χ0v) is 21.1. The first-order chi connectivity index (χ1) is 14.0. The van der Waals surface area contributed by atoms with Crippen molar-refractivity contribution >= 4 is 0 Å². The van der Waals surface area contributed by atoms with Crippen LogP contribution < -0.4 is 42.0 Å². The number of aryl methyl sites for hydroxylation is 1. The van der Waals surface area contributed by atoms with Gasteiger partial charge in [-0.1, -0.05) is 18.2 Å². The van der Waals surface area contributed by atoms with Crippen LogP contribution in [-0.2, 0) is 17.1 Å². The number of methoxy groups -OCH3 is 1. The summed E-state index contributed by atoms with van der Waals surface area (Å²) < 4.78 is 5.26. The molecular formula is C24H20Cl3MnN2O3. The van der Waals surface area contributed by atoms with Gasteiger partial charge in [0.25, 0.3) is 0 Å². The van der Waals surface area contributed by atoms with Crippen LogP contribution in [0.4, 0.5) is 0 Å². The Kier molecular flexibility index (Phi) is 12.3. The molecule has 0 fully saturated rings. The van der Waals surface area contributed by atoms with Crippen LogP contribution in [0, 0.1) is 6.92 Å². The first kappa shape index (κ1) is 30.5. The van der Waals surface area contributed by atoms with Gasteiger partial charge >= 0.3 is 17.1 Å². The third-order valence-electron chi connectivity index (χ3n) is 4.67. The molecule has 9 heteroatoms. The number of hydrogen-bond donors (Lipinski definition) is 2. The van der Waals surface area contributed by atoms with Gasteiger partial charge in [-0.05, 0) is 67.1 Å². The van der Waals surface area contributed by atoms with Crippen molar-refractivity contribution in [3.05, 3.63) is 78.4 Å². The second kappa shape index (κ2) is 13.3. The van der Waals surface area contributed by atoms with Crippen molar-refractivity contribution < 1.29 is 69.2 Å². The molecule has 0 radical (unpaired) electrons. The van der Waals surface area contributed by atoms with E-state index in [9.17, 15) is 10.2 Å². The number of aromatic hydroxyl groups is 2. The number of aromatic nitrogens is 2. The molecule has 33 heavy (non-hydrogen) atoms. The zero-order valence-electron chi connectivity index (χ0n) is 17.6. The molecule has 0 atom stereocenters. The summed E-state index contributed by atoms with van der Waals surface area (Å²) in [6.45, 7) is 1.93. The summed E-state index contributed by atoms with van der Waals surface area (Å²) in [4.78, 5) is 9.37. The van der Waals surface area contributed by atoms with Gasteiger partial charge in [0.05, 0.1) is 29.9 Å². The van der Waals surface area contributed by atoms with E-state index in [4.69, 9.17) is 4.74 Å². The third kappa shape index (κ3) is 6.76. The SMILES string of the molecule is COc1ccc(O)c(-c2cccc(-c3cccc(-c4ccc(C)cc4O)n3)n2)c1.[Cl-].[Cl-].[Cl-].[Mn+3]. The van der Waals surface area contributed by atoms with E-state index in [1.165, 1.54) is 0 Å². The molecule has 4 aromatic rings. The summed E-state index contributed by atoms with van der Waals surface area (Å²) in [6, 6.07) is 21.7. The van der Waals surface area contributed by atoms with Crippen LogP contribution in [0.2, 0.25) is 0 Å². The predicted molar refractivity (Wildman–Crippen MR) is 113 cm³/mol. The van der Waals surface area contributed by atoms with E-state index in [0.717, 1.165) is 5.56 Å². The van der Waals surface area contributed by atoms with E-state index >= 15 is 0 Å². The second-order valence-corrected chi connectivity index (χ2v) is 6.72. The maximum atomic E-state index is 10.3. The minimum Gasteiger partial charge on any atom is -1.00 e. The fraction of sp³-hybridized carbons (Fsp3) is 0.0833. The van der Waals surface area contributed by atoms with Crippen molar-refractivity contribution in [3.63, 3.8) is 0 Å². The molecule has 172 valence electrons. The minimum absolute atomic E-state index is 0. The number of rotatable bonds is 4. The molecule has 0 aliphatic rings.